The third kappa shape index (κ3) is 4.26. The SMILES string of the molecule is CCOc1ccccc1NC(=O)NC1CC(=O)N(c2ccc(Cl)cc2)C1. The van der Waals surface area contributed by atoms with Crippen molar-refractivity contribution in [2.75, 3.05) is 23.4 Å². The molecule has 1 saturated heterocycles. The van der Waals surface area contributed by atoms with Gasteiger partial charge in [-0.3, -0.25) is 4.79 Å². The number of nitrogens with zero attached hydrogens (tertiary/aromatic N) is 1. The number of urea groups is 1. The number of nitrogens with one attached hydrogen (secondary N) is 2. The highest BCUT2D eigenvalue weighted by molar-refractivity contribution is 6.30. The Morgan fingerprint density at radius 3 is 2.69 bits per heavy atom. The summed E-state index contributed by atoms with van der Waals surface area (Å²) in [7, 11) is 0. The summed E-state index contributed by atoms with van der Waals surface area (Å²) in [6.45, 7) is 2.81. The van der Waals surface area contributed by atoms with Crippen molar-refractivity contribution in [2.45, 2.75) is 19.4 Å². The Balaban J connectivity index is 1.60. The number of amides is 3. The van der Waals surface area contributed by atoms with E-state index in [0.29, 0.717) is 29.6 Å². The van der Waals surface area contributed by atoms with Crippen LogP contribution in [0.15, 0.2) is 48.5 Å². The number of rotatable bonds is 5. The zero-order valence-electron chi connectivity index (χ0n) is 14.4. The Morgan fingerprint density at radius 1 is 1.23 bits per heavy atom. The Morgan fingerprint density at radius 2 is 1.96 bits per heavy atom. The standard InChI is InChI=1S/C19H20ClN3O3/c1-2-26-17-6-4-3-5-16(17)22-19(25)21-14-11-18(24)23(12-14)15-9-7-13(20)8-10-15/h3-10,14H,2,11-12H2,1H3,(H2,21,22,25). The van der Waals surface area contributed by atoms with Gasteiger partial charge in [0.2, 0.25) is 5.91 Å². The molecule has 0 saturated carbocycles. The Labute approximate surface area is 157 Å². The van der Waals surface area contributed by atoms with Crippen LogP contribution in [0.3, 0.4) is 0 Å². The van der Waals surface area contributed by atoms with Crippen LogP contribution in [-0.4, -0.2) is 31.1 Å². The second-order valence-electron chi connectivity index (χ2n) is 5.91. The van der Waals surface area contributed by atoms with Crippen LogP contribution in [0.2, 0.25) is 5.02 Å². The summed E-state index contributed by atoms with van der Waals surface area (Å²) in [5.41, 5.74) is 1.36. The Bertz CT molecular complexity index is 795. The summed E-state index contributed by atoms with van der Waals surface area (Å²) >= 11 is 5.89. The van der Waals surface area contributed by atoms with Crippen LogP contribution >= 0.6 is 11.6 Å². The number of carbonyl (C=O) groups is 2. The Kier molecular flexibility index (Phi) is 5.63. The van der Waals surface area contributed by atoms with E-state index in [1.165, 1.54) is 0 Å². The maximum absolute atomic E-state index is 12.3. The molecular weight excluding hydrogens is 354 g/mol. The van der Waals surface area contributed by atoms with Crippen molar-refractivity contribution in [3.8, 4) is 5.75 Å². The van der Waals surface area contributed by atoms with Gasteiger partial charge in [0.25, 0.3) is 0 Å². The van der Waals surface area contributed by atoms with Gasteiger partial charge in [0.05, 0.1) is 18.3 Å². The van der Waals surface area contributed by atoms with Gasteiger partial charge in [-0.2, -0.15) is 0 Å². The monoisotopic (exact) mass is 373 g/mol. The normalized spacial score (nSPS) is 16.5. The number of hydrogen-bond donors (Lipinski definition) is 2. The van der Waals surface area contributed by atoms with Gasteiger partial charge in [0.15, 0.2) is 0 Å². The molecule has 6 nitrogen and oxygen atoms in total. The lowest BCUT2D eigenvalue weighted by atomic mass is 10.2. The topological polar surface area (TPSA) is 70.7 Å². The highest BCUT2D eigenvalue weighted by Crippen LogP contribution is 2.25. The van der Waals surface area contributed by atoms with Crippen molar-refractivity contribution in [2.24, 2.45) is 0 Å². The minimum atomic E-state index is -0.368. The molecule has 0 radical (unpaired) electrons. The molecule has 1 fully saturated rings. The number of carbonyl (C=O) groups excluding carboxylic acids is 2. The molecule has 2 N–H and O–H groups in total. The molecule has 2 aromatic carbocycles. The fourth-order valence-corrected chi connectivity index (χ4v) is 3.00. The van der Waals surface area contributed by atoms with Gasteiger partial charge in [-0.15, -0.1) is 0 Å². The first-order valence-corrected chi connectivity index (χ1v) is 8.80. The van der Waals surface area contributed by atoms with E-state index in [-0.39, 0.29) is 24.4 Å². The van der Waals surface area contributed by atoms with Crippen LogP contribution in [0.4, 0.5) is 16.2 Å². The van der Waals surface area contributed by atoms with Crippen LogP contribution in [0.25, 0.3) is 0 Å². The lowest BCUT2D eigenvalue weighted by Gasteiger charge is -2.18. The molecule has 3 amide bonds. The van der Waals surface area contributed by atoms with E-state index < -0.39 is 0 Å². The molecule has 0 spiro atoms. The maximum Gasteiger partial charge on any atom is 0.319 e. The van der Waals surface area contributed by atoms with Gasteiger partial charge < -0.3 is 20.3 Å². The highest BCUT2D eigenvalue weighted by Gasteiger charge is 2.31. The fraction of sp³-hybridized carbons (Fsp3) is 0.263. The first kappa shape index (κ1) is 18.1. The third-order valence-electron chi connectivity index (χ3n) is 4.03. The summed E-state index contributed by atoms with van der Waals surface area (Å²) in [5, 5.41) is 6.23. The number of anilines is 2. The zero-order valence-corrected chi connectivity index (χ0v) is 15.1. The molecule has 0 aliphatic carbocycles. The lowest BCUT2D eigenvalue weighted by molar-refractivity contribution is -0.117. The second-order valence-corrected chi connectivity index (χ2v) is 6.35. The smallest absolute Gasteiger partial charge is 0.319 e. The molecule has 136 valence electrons. The number of benzene rings is 2. The van der Waals surface area contributed by atoms with E-state index in [9.17, 15) is 9.59 Å². The molecule has 3 rings (SSSR count). The second kappa shape index (κ2) is 8.10. The van der Waals surface area contributed by atoms with Crippen molar-refractivity contribution < 1.29 is 14.3 Å². The third-order valence-corrected chi connectivity index (χ3v) is 4.29. The van der Waals surface area contributed by atoms with Gasteiger partial charge >= 0.3 is 6.03 Å². The van der Waals surface area contributed by atoms with Crippen molar-refractivity contribution in [3.05, 3.63) is 53.6 Å². The quantitative estimate of drug-likeness (QED) is 0.840. The van der Waals surface area contributed by atoms with Crippen molar-refractivity contribution in [1.29, 1.82) is 0 Å². The van der Waals surface area contributed by atoms with Crippen molar-refractivity contribution in [1.82, 2.24) is 5.32 Å². The predicted molar refractivity (Wildman–Crippen MR) is 102 cm³/mol. The van der Waals surface area contributed by atoms with Crippen LogP contribution in [-0.2, 0) is 4.79 Å². The molecule has 2 aromatic rings. The minimum Gasteiger partial charge on any atom is -0.492 e. The van der Waals surface area contributed by atoms with Crippen LogP contribution in [0, 0.1) is 0 Å². The molecular formula is C19H20ClN3O3. The van der Waals surface area contributed by atoms with Gasteiger partial charge in [-0.1, -0.05) is 23.7 Å². The van der Waals surface area contributed by atoms with Crippen molar-refractivity contribution >= 4 is 34.9 Å². The number of para-hydroxylation sites is 2. The van der Waals surface area contributed by atoms with E-state index in [0.717, 1.165) is 5.69 Å². The lowest BCUT2D eigenvalue weighted by Crippen LogP contribution is -2.39. The average molecular weight is 374 g/mol. The molecule has 1 aliphatic rings. The molecule has 7 heteroatoms. The molecule has 1 atom stereocenters. The van der Waals surface area contributed by atoms with E-state index in [4.69, 9.17) is 16.3 Å². The molecule has 1 aliphatic heterocycles. The molecule has 0 aromatic heterocycles. The number of halogens is 1. The number of hydrogen-bond acceptors (Lipinski definition) is 3. The predicted octanol–water partition coefficient (Wildman–Crippen LogP) is 3.67. The Hall–Kier alpha value is -2.73. The van der Waals surface area contributed by atoms with E-state index in [2.05, 4.69) is 10.6 Å². The van der Waals surface area contributed by atoms with Crippen LogP contribution < -0.4 is 20.3 Å². The summed E-state index contributed by atoms with van der Waals surface area (Å²) < 4.78 is 5.49. The summed E-state index contributed by atoms with van der Waals surface area (Å²) in [6, 6.07) is 13.6. The van der Waals surface area contributed by atoms with Crippen molar-refractivity contribution in [3.63, 3.8) is 0 Å². The van der Waals surface area contributed by atoms with Crippen LogP contribution in [0.1, 0.15) is 13.3 Å². The van der Waals surface area contributed by atoms with Crippen LogP contribution in [0.5, 0.6) is 5.75 Å². The molecule has 0 bridgehead atoms. The average Bonchev–Trinajstić information content (AvgIpc) is 2.97. The van der Waals surface area contributed by atoms with Gasteiger partial charge in [-0.05, 0) is 43.3 Å². The molecule has 1 heterocycles. The van der Waals surface area contributed by atoms with E-state index in [1.807, 2.05) is 19.1 Å². The first-order chi connectivity index (χ1) is 12.6. The summed E-state index contributed by atoms with van der Waals surface area (Å²) in [4.78, 5) is 26.2. The van der Waals surface area contributed by atoms with E-state index >= 15 is 0 Å². The largest absolute Gasteiger partial charge is 0.492 e. The summed E-state index contributed by atoms with van der Waals surface area (Å²) in [5.74, 6) is 0.572. The number of ether oxygens (including phenoxy) is 1. The molecule has 26 heavy (non-hydrogen) atoms. The zero-order chi connectivity index (χ0) is 18.5. The fourth-order valence-electron chi connectivity index (χ4n) is 2.87. The minimum absolute atomic E-state index is 0.0349. The van der Waals surface area contributed by atoms with Gasteiger partial charge in [0.1, 0.15) is 5.75 Å². The van der Waals surface area contributed by atoms with Gasteiger partial charge in [0, 0.05) is 23.7 Å². The summed E-state index contributed by atoms with van der Waals surface area (Å²) in [6.07, 6.45) is 0.253. The maximum atomic E-state index is 12.3. The van der Waals surface area contributed by atoms with E-state index in [1.54, 1.807) is 41.3 Å². The molecule has 1 unspecified atom stereocenters. The first-order valence-electron chi connectivity index (χ1n) is 8.42. The van der Waals surface area contributed by atoms with Gasteiger partial charge in [-0.25, -0.2) is 4.79 Å². The highest BCUT2D eigenvalue weighted by atomic mass is 35.5.